The van der Waals surface area contributed by atoms with E-state index < -0.39 is 28.5 Å². The van der Waals surface area contributed by atoms with Crippen LogP contribution in [0.2, 0.25) is 10.0 Å². The number of rotatable bonds is 9. The highest BCUT2D eigenvalue weighted by Crippen LogP contribution is 2.27. The number of amides is 2. The molecule has 1 aliphatic carbocycles. The van der Waals surface area contributed by atoms with E-state index in [-0.39, 0.29) is 34.2 Å². The van der Waals surface area contributed by atoms with E-state index in [9.17, 15) is 18.0 Å². The van der Waals surface area contributed by atoms with Gasteiger partial charge < -0.3 is 10.2 Å². The summed E-state index contributed by atoms with van der Waals surface area (Å²) in [5.74, 6) is -0.789. The van der Waals surface area contributed by atoms with E-state index in [0.29, 0.717) is 0 Å². The molecule has 3 rings (SSSR count). The number of benzene rings is 2. The maximum absolute atomic E-state index is 13.6. The Kier molecular flexibility index (Phi) is 9.48. The molecule has 1 atom stereocenters. The quantitative estimate of drug-likeness (QED) is 0.436. The van der Waals surface area contributed by atoms with Crippen LogP contribution in [0.3, 0.4) is 0 Å². The zero-order chi connectivity index (χ0) is 25.8. The zero-order valence-corrected chi connectivity index (χ0v) is 23.4. The average molecular weight is 605 g/mol. The molecule has 11 heteroatoms. The number of carbonyl (C=O) groups is 2. The Hall–Kier alpha value is -1.81. The normalized spacial score (nSPS) is 15.0. The summed E-state index contributed by atoms with van der Waals surface area (Å²) < 4.78 is 27.1. The van der Waals surface area contributed by atoms with Crippen LogP contribution >= 0.6 is 39.1 Å². The standard InChI is InChI=1S/C24H28BrCl2N3O4S/c1-16(24(32)28-21-5-3-4-6-21)29(14-17-7-9-18(25)10-8-17)23(31)15-30(35(2,33)34)22-12-19(26)11-20(27)13-22/h7-13,16,21H,3-6,14-15H2,1-2H3,(H,28,32)/t16-/m1/s1. The Morgan fingerprint density at radius 3 is 2.20 bits per heavy atom. The van der Waals surface area contributed by atoms with Crippen LogP contribution in [0, 0.1) is 0 Å². The minimum atomic E-state index is -3.86. The minimum Gasteiger partial charge on any atom is -0.352 e. The van der Waals surface area contributed by atoms with Crippen LogP contribution < -0.4 is 9.62 Å². The molecule has 0 aliphatic heterocycles. The van der Waals surface area contributed by atoms with E-state index in [1.165, 1.54) is 23.1 Å². The second-order valence-electron chi connectivity index (χ2n) is 8.71. The van der Waals surface area contributed by atoms with Gasteiger partial charge in [-0.05, 0) is 55.7 Å². The second kappa shape index (κ2) is 12.0. The minimum absolute atomic E-state index is 0.0932. The largest absolute Gasteiger partial charge is 0.352 e. The molecule has 0 spiro atoms. The lowest BCUT2D eigenvalue weighted by atomic mass is 10.1. The highest BCUT2D eigenvalue weighted by Gasteiger charge is 2.31. The molecule has 0 bridgehead atoms. The van der Waals surface area contributed by atoms with Gasteiger partial charge in [0.05, 0.1) is 11.9 Å². The maximum atomic E-state index is 13.6. The number of hydrogen-bond acceptors (Lipinski definition) is 4. The molecule has 1 aliphatic rings. The third-order valence-electron chi connectivity index (χ3n) is 5.95. The van der Waals surface area contributed by atoms with Crippen molar-refractivity contribution < 1.29 is 18.0 Å². The topological polar surface area (TPSA) is 86.8 Å². The summed E-state index contributed by atoms with van der Waals surface area (Å²) in [4.78, 5) is 28.0. The molecule has 0 aromatic heterocycles. The summed E-state index contributed by atoms with van der Waals surface area (Å²) in [5, 5.41) is 3.51. The fraction of sp³-hybridized carbons (Fsp3) is 0.417. The molecule has 2 aromatic rings. The third-order valence-corrected chi connectivity index (χ3v) is 8.06. The summed E-state index contributed by atoms with van der Waals surface area (Å²) in [5.41, 5.74) is 0.976. The van der Waals surface area contributed by atoms with Gasteiger partial charge in [-0.25, -0.2) is 8.42 Å². The van der Waals surface area contributed by atoms with E-state index in [0.717, 1.165) is 46.3 Å². The van der Waals surface area contributed by atoms with Crippen molar-refractivity contribution in [1.82, 2.24) is 10.2 Å². The van der Waals surface area contributed by atoms with Gasteiger partial charge >= 0.3 is 0 Å². The van der Waals surface area contributed by atoms with Crippen LogP contribution in [0.15, 0.2) is 46.9 Å². The molecule has 0 heterocycles. The predicted molar refractivity (Wildman–Crippen MR) is 143 cm³/mol. The Morgan fingerprint density at radius 2 is 1.66 bits per heavy atom. The highest BCUT2D eigenvalue weighted by molar-refractivity contribution is 9.10. The Bertz CT molecular complexity index is 1150. The van der Waals surface area contributed by atoms with Crippen molar-refractivity contribution in [1.29, 1.82) is 0 Å². The molecule has 1 saturated carbocycles. The smallest absolute Gasteiger partial charge is 0.244 e. The zero-order valence-electron chi connectivity index (χ0n) is 19.5. The number of anilines is 1. The maximum Gasteiger partial charge on any atom is 0.244 e. The molecule has 0 unspecified atom stereocenters. The summed E-state index contributed by atoms with van der Waals surface area (Å²) in [7, 11) is -3.86. The third kappa shape index (κ3) is 7.84. The molecule has 0 radical (unpaired) electrons. The number of carbonyl (C=O) groups excluding carboxylic acids is 2. The molecule has 7 nitrogen and oxygen atoms in total. The van der Waals surface area contributed by atoms with E-state index >= 15 is 0 Å². The number of nitrogens with zero attached hydrogens (tertiary/aromatic N) is 2. The number of sulfonamides is 1. The lowest BCUT2D eigenvalue weighted by Gasteiger charge is -2.32. The van der Waals surface area contributed by atoms with Gasteiger partial charge in [0.25, 0.3) is 0 Å². The molecule has 2 aromatic carbocycles. The number of hydrogen-bond donors (Lipinski definition) is 1. The van der Waals surface area contributed by atoms with Crippen molar-refractivity contribution in [2.24, 2.45) is 0 Å². The first-order valence-electron chi connectivity index (χ1n) is 11.2. The van der Waals surface area contributed by atoms with Gasteiger partial charge in [0, 0.05) is 27.1 Å². The molecule has 35 heavy (non-hydrogen) atoms. The molecule has 2 amide bonds. The van der Waals surface area contributed by atoms with Gasteiger partial charge in [-0.3, -0.25) is 13.9 Å². The van der Waals surface area contributed by atoms with Gasteiger partial charge in [0.15, 0.2) is 0 Å². The Balaban J connectivity index is 1.89. The molecule has 1 N–H and O–H groups in total. The highest BCUT2D eigenvalue weighted by atomic mass is 79.9. The van der Waals surface area contributed by atoms with Crippen LogP contribution in [0.1, 0.15) is 38.2 Å². The van der Waals surface area contributed by atoms with Crippen molar-refractivity contribution in [2.45, 2.75) is 51.2 Å². The van der Waals surface area contributed by atoms with Crippen molar-refractivity contribution >= 4 is 66.7 Å². The van der Waals surface area contributed by atoms with Gasteiger partial charge in [0.1, 0.15) is 12.6 Å². The first-order valence-corrected chi connectivity index (χ1v) is 14.6. The van der Waals surface area contributed by atoms with Crippen LogP contribution in [0.5, 0.6) is 0 Å². The molecule has 190 valence electrons. The molecular formula is C24H28BrCl2N3O4S. The van der Waals surface area contributed by atoms with Crippen molar-refractivity contribution in [2.75, 3.05) is 17.1 Å². The lowest BCUT2D eigenvalue weighted by Crippen LogP contribution is -2.52. The van der Waals surface area contributed by atoms with Crippen LogP contribution in [-0.4, -0.2) is 50.0 Å². The summed E-state index contributed by atoms with van der Waals surface area (Å²) in [6.45, 7) is 1.29. The number of halogens is 3. The predicted octanol–water partition coefficient (Wildman–Crippen LogP) is 5.00. The van der Waals surface area contributed by atoms with Crippen LogP contribution in [0.4, 0.5) is 5.69 Å². The van der Waals surface area contributed by atoms with Gasteiger partial charge in [-0.1, -0.05) is 64.1 Å². The van der Waals surface area contributed by atoms with Gasteiger partial charge in [-0.2, -0.15) is 0 Å². The Morgan fingerprint density at radius 1 is 1.09 bits per heavy atom. The fourth-order valence-corrected chi connectivity index (χ4v) is 5.67. The molecule has 0 saturated heterocycles. The van der Waals surface area contributed by atoms with Crippen molar-refractivity contribution in [3.8, 4) is 0 Å². The SMILES string of the molecule is C[C@H](C(=O)NC1CCCC1)N(Cc1ccc(Br)cc1)C(=O)CN(c1cc(Cl)cc(Cl)c1)S(C)(=O)=O. The summed E-state index contributed by atoms with van der Waals surface area (Å²) >= 11 is 15.6. The second-order valence-corrected chi connectivity index (χ2v) is 12.4. The summed E-state index contributed by atoms with van der Waals surface area (Å²) in [6.07, 6.45) is 4.95. The summed E-state index contributed by atoms with van der Waals surface area (Å²) in [6, 6.07) is 11.0. The Labute approximate surface area is 224 Å². The van der Waals surface area contributed by atoms with Crippen molar-refractivity contribution in [3.63, 3.8) is 0 Å². The van der Waals surface area contributed by atoms with E-state index in [2.05, 4.69) is 21.2 Å². The first-order chi connectivity index (χ1) is 16.4. The van der Waals surface area contributed by atoms with E-state index in [1.54, 1.807) is 6.92 Å². The van der Waals surface area contributed by atoms with E-state index in [1.807, 2.05) is 24.3 Å². The van der Waals surface area contributed by atoms with Crippen molar-refractivity contribution in [3.05, 3.63) is 62.5 Å². The van der Waals surface area contributed by atoms with Gasteiger partial charge in [-0.15, -0.1) is 0 Å². The monoisotopic (exact) mass is 603 g/mol. The first kappa shape index (κ1) is 27.8. The number of nitrogens with one attached hydrogen (secondary N) is 1. The van der Waals surface area contributed by atoms with Crippen LogP contribution in [0.25, 0.3) is 0 Å². The van der Waals surface area contributed by atoms with Gasteiger partial charge in [0.2, 0.25) is 21.8 Å². The van der Waals surface area contributed by atoms with Crippen LogP contribution in [-0.2, 0) is 26.2 Å². The lowest BCUT2D eigenvalue weighted by molar-refractivity contribution is -0.139. The fourth-order valence-electron chi connectivity index (χ4n) is 4.06. The average Bonchev–Trinajstić information content (AvgIpc) is 3.28. The molecule has 1 fully saturated rings. The van der Waals surface area contributed by atoms with E-state index in [4.69, 9.17) is 23.2 Å². The molecular weight excluding hydrogens is 577 g/mol.